The number of nitrogens with one attached hydrogen (secondary N) is 1. The maximum absolute atomic E-state index is 9.52. The number of hydrogen-bond donors (Lipinski definition) is 2. The van der Waals surface area contributed by atoms with E-state index in [0.717, 1.165) is 18.9 Å². The monoisotopic (exact) mass is 284 g/mol. The molecule has 1 rings (SSSR count). The lowest BCUT2D eigenvalue weighted by atomic mass is 9.96. The molecule has 1 aliphatic rings. The van der Waals surface area contributed by atoms with E-state index < -0.39 is 0 Å². The lowest BCUT2D eigenvalue weighted by Gasteiger charge is -2.29. The minimum atomic E-state index is -0.0919. The molecule has 0 amide bonds. The molecule has 0 radical (unpaired) electrons. The molecule has 3 heteroatoms. The van der Waals surface area contributed by atoms with Crippen molar-refractivity contribution < 1.29 is 5.11 Å². The summed E-state index contributed by atoms with van der Waals surface area (Å²) in [7, 11) is 0. The highest BCUT2D eigenvalue weighted by atomic mass is 16.3. The van der Waals surface area contributed by atoms with Crippen molar-refractivity contribution in [2.24, 2.45) is 5.92 Å². The summed E-state index contributed by atoms with van der Waals surface area (Å²) in [5.74, 6) is 0.967. The van der Waals surface area contributed by atoms with Crippen molar-refractivity contribution in [1.82, 2.24) is 10.2 Å². The molecule has 0 aromatic rings. The number of likely N-dealkylation sites (tertiary alicyclic amines) is 1. The van der Waals surface area contributed by atoms with E-state index in [2.05, 4.69) is 31.0 Å². The van der Waals surface area contributed by atoms with Crippen LogP contribution in [-0.4, -0.2) is 48.3 Å². The quantitative estimate of drug-likeness (QED) is 0.683. The number of rotatable bonds is 9. The van der Waals surface area contributed by atoms with Crippen molar-refractivity contribution in [2.75, 3.05) is 32.8 Å². The van der Waals surface area contributed by atoms with Crippen LogP contribution in [0, 0.1) is 5.92 Å². The van der Waals surface area contributed by atoms with Gasteiger partial charge in [-0.25, -0.2) is 0 Å². The highest BCUT2D eigenvalue weighted by Crippen LogP contribution is 2.22. The van der Waals surface area contributed by atoms with Gasteiger partial charge < -0.3 is 15.3 Å². The summed E-state index contributed by atoms with van der Waals surface area (Å²) in [5.41, 5.74) is -0.0919. The second kappa shape index (κ2) is 9.75. The van der Waals surface area contributed by atoms with E-state index in [1.54, 1.807) is 0 Å². The Morgan fingerprint density at radius 1 is 1.25 bits per heavy atom. The number of aliphatic hydroxyl groups is 1. The summed E-state index contributed by atoms with van der Waals surface area (Å²) in [4.78, 5) is 2.64. The van der Waals surface area contributed by atoms with E-state index in [-0.39, 0.29) is 12.1 Å². The zero-order chi connectivity index (χ0) is 14.8. The van der Waals surface area contributed by atoms with Crippen LogP contribution in [0.15, 0.2) is 0 Å². The number of likely N-dealkylation sites (N-methyl/N-ethyl adjacent to an activating group) is 1. The Bertz CT molecular complexity index is 247. The molecule has 0 spiro atoms. The molecule has 0 saturated carbocycles. The van der Waals surface area contributed by atoms with Crippen molar-refractivity contribution in [3.05, 3.63) is 0 Å². The summed E-state index contributed by atoms with van der Waals surface area (Å²) < 4.78 is 0. The highest BCUT2D eigenvalue weighted by molar-refractivity contribution is 4.82. The van der Waals surface area contributed by atoms with E-state index >= 15 is 0 Å². The molecular weight excluding hydrogens is 248 g/mol. The van der Waals surface area contributed by atoms with Crippen LogP contribution in [0.3, 0.4) is 0 Å². The maximum atomic E-state index is 9.52. The predicted octanol–water partition coefficient (Wildman–Crippen LogP) is 3.03. The van der Waals surface area contributed by atoms with Crippen LogP contribution in [0.1, 0.15) is 65.7 Å². The fourth-order valence-electron chi connectivity index (χ4n) is 3.49. The molecule has 2 N–H and O–H groups in total. The summed E-state index contributed by atoms with van der Waals surface area (Å²) in [5, 5.41) is 12.9. The predicted molar refractivity (Wildman–Crippen MR) is 87.1 cm³/mol. The Hall–Kier alpha value is -0.120. The average Bonchev–Trinajstić information content (AvgIpc) is 2.65. The second-order valence-electron chi connectivity index (χ2n) is 6.78. The van der Waals surface area contributed by atoms with Crippen LogP contribution < -0.4 is 5.32 Å². The highest BCUT2D eigenvalue weighted by Gasteiger charge is 2.22. The van der Waals surface area contributed by atoms with Gasteiger partial charge in [0.25, 0.3) is 0 Å². The van der Waals surface area contributed by atoms with Gasteiger partial charge in [0.2, 0.25) is 0 Å². The van der Waals surface area contributed by atoms with Crippen LogP contribution in [-0.2, 0) is 0 Å². The Kier molecular flexibility index (Phi) is 8.74. The molecule has 0 aromatic carbocycles. The van der Waals surface area contributed by atoms with Gasteiger partial charge in [-0.05, 0) is 71.1 Å². The first-order valence-corrected chi connectivity index (χ1v) is 8.71. The third-order valence-corrected chi connectivity index (χ3v) is 4.79. The van der Waals surface area contributed by atoms with Gasteiger partial charge in [-0.1, -0.05) is 26.7 Å². The van der Waals surface area contributed by atoms with Crippen LogP contribution >= 0.6 is 0 Å². The van der Waals surface area contributed by atoms with Gasteiger partial charge in [0, 0.05) is 5.54 Å². The molecule has 2 unspecified atom stereocenters. The van der Waals surface area contributed by atoms with Gasteiger partial charge in [-0.3, -0.25) is 0 Å². The lowest BCUT2D eigenvalue weighted by molar-refractivity contribution is 0.158. The summed E-state index contributed by atoms with van der Waals surface area (Å²) in [6.45, 7) is 11.5. The Morgan fingerprint density at radius 2 is 2.05 bits per heavy atom. The average molecular weight is 284 g/mol. The summed E-state index contributed by atoms with van der Waals surface area (Å²) in [6, 6.07) is 0. The molecule has 120 valence electrons. The van der Waals surface area contributed by atoms with Gasteiger partial charge in [0.15, 0.2) is 0 Å². The molecule has 1 fully saturated rings. The normalized spacial score (nSPS) is 24.3. The largest absolute Gasteiger partial charge is 0.394 e. The minimum Gasteiger partial charge on any atom is -0.394 e. The smallest absolute Gasteiger partial charge is 0.0610 e. The summed E-state index contributed by atoms with van der Waals surface area (Å²) >= 11 is 0. The van der Waals surface area contributed by atoms with Gasteiger partial charge in [-0.15, -0.1) is 0 Å². The Morgan fingerprint density at radius 3 is 2.70 bits per heavy atom. The first kappa shape index (κ1) is 17.9. The van der Waals surface area contributed by atoms with Gasteiger partial charge in [0.05, 0.1) is 6.61 Å². The fourth-order valence-corrected chi connectivity index (χ4v) is 3.49. The van der Waals surface area contributed by atoms with Crippen molar-refractivity contribution >= 4 is 0 Å². The second-order valence-corrected chi connectivity index (χ2v) is 6.78. The van der Waals surface area contributed by atoms with E-state index in [1.807, 2.05) is 0 Å². The number of hydrogen-bond acceptors (Lipinski definition) is 3. The van der Waals surface area contributed by atoms with E-state index in [0.29, 0.717) is 0 Å². The molecule has 3 nitrogen and oxygen atoms in total. The molecule has 1 saturated heterocycles. The maximum Gasteiger partial charge on any atom is 0.0610 e. The van der Waals surface area contributed by atoms with Gasteiger partial charge in [0.1, 0.15) is 0 Å². The lowest BCUT2D eigenvalue weighted by Crippen LogP contribution is -2.46. The Labute approximate surface area is 126 Å². The minimum absolute atomic E-state index is 0.0919. The van der Waals surface area contributed by atoms with Crippen LogP contribution in [0.25, 0.3) is 0 Å². The molecule has 0 aliphatic carbocycles. The molecular formula is C17H36N2O. The third-order valence-electron chi connectivity index (χ3n) is 4.79. The molecule has 0 bridgehead atoms. The third kappa shape index (κ3) is 6.55. The Balaban J connectivity index is 2.24. The van der Waals surface area contributed by atoms with E-state index in [4.69, 9.17) is 0 Å². The number of aliphatic hydroxyl groups excluding tert-OH is 1. The molecule has 0 aromatic heterocycles. The number of nitrogens with zero attached hydrogens (tertiary/aromatic N) is 1. The fraction of sp³-hybridized carbons (Fsp3) is 1.00. The standard InChI is InChI=1S/C17H36N2O/c1-4-8-16-9-6-12-19(14-10-16)13-7-11-17(3,15-20)18-5-2/h16,18,20H,4-15H2,1-3H3. The van der Waals surface area contributed by atoms with Gasteiger partial charge in [-0.2, -0.15) is 0 Å². The first-order chi connectivity index (χ1) is 9.63. The molecule has 1 heterocycles. The van der Waals surface area contributed by atoms with Gasteiger partial charge >= 0.3 is 0 Å². The van der Waals surface area contributed by atoms with Crippen LogP contribution in [0.2, 0.25) is 0 Å². The van der Waals surface area contributed by atoms with Crippen molar-refractivity contribution in [3.8, 4) is 0 Å². The van der Waals surface area contributed by atoms with Crippen molar-refractivity contribution in [2.45, 2.75) is 71.3 Å². The topological polar surface area (TPSA) is 35.5 Å². The van der Waals surface area contributed by atoms with Crippen LogP contribution in [0.5, 0.6) is 0 Å². The van der Waals surface area contributed by atoms with Crippen molar-refractivity contribution in [1.29, 1.82) is 0 Å². The SMILES string of the molecule is CCCC1CCCN(CCCC(C)(CO)NCC)CC1. The molecule has 2 atom stereocenters. The van der Waals surface area contributed by atoms with Crippen molar-refractivity contribution in [3.63, 3.8) is 0 Å². The van der Waals surface area contributed by atoms with E-state index in [1.165, 1.54) is 58.2 Å². The first-order valence-electron chi connectivity index (χ1n) is 8.71. The molecule has 20 heavy (non-hydrogen) atoms. The molecule has 1 aliphatic heterocycles. The van der Waals surface area contributed by atoms with Crippen LogP contribution in [0.4, 0.5) is 0 Å². The zero-order valence-corrected chi connectivity index (χ0v) is 14.0. The zero-order valence-electron chi connectivity index (χ0n) is 14.0. The van der Waals surface area contributed by atoms with E-state index in [9.17, 15) is 5.11 Å². The summed E-state index contributed by atoms with van der Waals surface area (Å²) in [6.07, 6.45) is 9.18.